The predicted molar refractivity (Wildman–Crippen MR) is 101 cm³/mol. The van der Waals surface area contributed by atoms with Gasteiger partial charge in [-0.05, 0) is 62.7 Å². The first kappa shape index (κ1) is 20.1. The summed E-state index contributed by atoms with van der Waals surface area (Å²) in [5, 5.41) is 12.6. The lowest BCUT2D eigenvalue weighted by Gasteiger charge is -2.23. The molecule has 1 unspecified atom stereocenters. The van der Waals surface area contributed by atoms with Gasteiger partial charge < -0.3 is 15.2 Å². The molecule has 0 aliphatic rings. The second-order valence-electron chi connectivity index (χ2n) is 6.66. The fourth-order valence-corrected chi connectivity index (χ4v) is 2.52. The molecule has 0 spiro atoms. The zero-order valence-electron chi connectivity index (χ0n) is 14.5. The van der Waals surface area contributed by atoms with E-state index in [1.165, 1.54) is 30.3 Å². The summed E-state index contributed by atoms with van der Waals surface area (Å²) in [6.07, 6.45) is -0.735. The zero-order chi connectivity index (χ0) is 19.5. The summed E-state index contributed by atoms with van der Waals surface area (Å²) >= 11 is 12.0. The minimum absolute atomic E-state index is 0.0349. The summed E-state index contributed by atoms with van der Waals surface area (Å²) in [5.41, 5.74) is 0.0617. The molecule has 2 N–H and O–H groups in total. The van der Waals surface area contributed by atoms with Crippen molar-refractivity contribution in [1.29, 1.82) is 0 Å². The van der Waals surface area contributed by atoms with Crippen molar-refractivity contribution in [3.8, 4) is 5.75 Å². The fraction of sp³-hybridized carbons (Fsp3) is 0.263. The van der Waals surface area contributed by atoms with E-state index in [0.29, 0.717) is 16.1 Å². The molecule has 0 bridgehead atoms. The summed E-state index contributed by atoms with van der Waals surface area (Å²) in [6.45, 7) is 5.17. The Kier molecular flexibility index (Phi) is 6.16. The number of benzene rings is 2. The quantitative estimate of drug-likeness (QED) is 0.701. The lowest BCUT2D eigenvalue weighted by atomic mass is 9.97. The maximum Gasteiger partial charge on any atom is 0.408 e. The van der Waals surface area contributed by atoms with Gasteiger partial charge in [-0.2, -0.15) is 0 Å². The molecule has 0 aliphatic heterocycles. The van der Waals surface area contributed by atoms with E-state index in [0.717, 1.165) is 0 Å². The maximum absolute atomic E-state index is 12.9. The summed E-state index contributed by atoms with van der Waals surface area (Å²) < 4.78 is 5.25. The SMILES string of the molecule is CC(C)(C)OC(=O)NC(C(=O)c1ccc(O)cc1)c1ccc(Cl)c(Cl)c1. The van der Waals surface area contributed by atoms with Crippen molar-refractivity contribution in [2.24, 2.45) is 0 Å². The number of halogens is 2. The van der Waals surface area contributed by atoms with Crippen molar-refractivity contribution in [2.75, 3.05) is 0 Å². The first-order valence-electron chi connectivity index (χ1n) is 7.84. The highest BCUT2D eigenvalue weighted by molar-refractivity contribution is 6.42. The number of ether oxygens (including phenoxy) is 1. The largest absolute Gasteiger partial charge is 0.508 e. The first-order valence-corrected chi connectivity index (χ1v) is 8.60. The normalized spacial score (nSPS) is 12.3. The zero-order valence-corrected chi connectivity index (χ0v) is 16.1. The van der Waals surface area contributed by atoms with Gasteiger partial charge in [0.15, 0.2) is 5.78 Å². The number of hydrogen-bond donors (Lipinski definition) is 2. The van der Waals surface area contributed by atoms with Crippen molar-refractivity contribution < 1.29 is 19.4 Å². The van der Waals surface area contributed by atoms with Gasteiger partial charge in [-0.25, -0.2) is 4.79 Å². The van der Waals surface area contributed by atoms with Gasteiger partial charge >= 0.3 is 6.09 Å². The Labute approximate surface area is 161 Å². The van der Waals surface area contributed by atoms with Crippen LogP contribution < -0.4 is 5.32 Å². The predicted octanol–water partition coefficient (Wildman–Crippen LogP) is 5.15. The summed E-state index contributed by atoms with van der Waals surface area (Å²) in [6, 6.07) is 9.38. The number of amides is 1. The molecule has 7 heteroatoms. The van der Waals surface area contributed by atoms with Crippen LogP contribution in [-0.4, -0.2) is 22.6 Å². The van der Waals surface area contributed by atoms with Crippen LogP contribution in [0, 0.1) is 0 Å². The number of rotatable bonds is 4. The molecule has 0 heterocycles. The van der Waals surface area contributed by atoms with Gasteiger partial charge in [0.2, 0.25) is 0 Å². The number of aromatic hydroxyl groups is 1. The number of phenols is 1. The number of ketones is 1. The van der Waals surface area contributed by atoms with Crippen LogP contribution >= 0.6 is 23.2 Å². The number of alkyl carbamates (subject to hydrolysis) is 1. The summed E-state index contributed by atoms with van der Waals surface area (Å²) in [4.78, 5) is 25.1. The highest BCUT2D eigenvalue weighted by atomic mass is 35.5. The van der Waals surface area contributed by atoms with Crippen molar-refractivity contribution in [3.05, 3.63) is 63.6 Å². The summed E-state index contributed by atoms with van der Waals surface area (Å²) in [7, 11) is 0. The van der Waals surface area contributed by atoms with E-state index in [9.17, 15) is 14.7 Å². The Hall–Kier alpha value is -2.24. The van der Waals surface area contributed by atoms with Crippen molar-refractivity contribution >= 4 is 35.1 Å². The lowest BCUT2D eigenvalue weighted by molar-refractivity contribution is 0.0490. The van der Waals surface area contributed by atoms with Crippen molar-refractivity contribution in [1.82, 2.24) is 5.32 Å². The maximum atomic E-state index is 12.9. The average Bonchev–Trinajstić information content (AvgIpc) is 2.54. The number of carbonyl (C=O) groups excluding carboxylic acids is 2. The van der Waals surface area contributed by atoms with Gasteiger partial charge in [0.05, 0.1) is 10.0 Å². The number of phenolic OH excluding ortho intramolecular Hbond substituents is 1. The van der Waals surface area contributed by atoms with Crippen LogP contribution in [0.2, 0.25) is 10.0 Å². The minimum atomic E-state index is -1.02. The Bertz CT molecular complexity index is 813. The molecular weight excluding hydrogens is 377 g/mol. The van der Waals surface area contributed by atoms with Crippen molar-refractivity contribution in [2.45, 2.75) is 32.4 Å². The second kappa shape index (κ2) is 7.98. The molecule has 0 radical (unpaired) electrons. The van der Waals surface area contributed by atoms with E-state index in [2.05, 4.69) is 5.32 Å². The summed E-state index contributed by atoms with van der Waals surface area (Å²) in [5.74, 6) is -0.345. The monoisotopic (exact) mass is 395 g/mol. The molecular formula is C19H19Cl2NO4. The van der Waals surface area contributed by atoms with Crippen LogP contribution in [0.4, 0.5) is 4.79 Å². The Morgan fingerprint density at radius 1 is 1.04 bits per heavy atom. The third-order valence-electron chi connectivity index (χ3n) is 3.35. The fourth-order valence-electron chi connectivity index (χ4n) is 2.21. The highest BCUT2D eigenvalue weighted by Gasteiger charge is 2.27. The van der Waals surface area contributed by atoms with Gasteiger partial charge in [0.1, 0.15) is 17.4 Å². The third-order valence-corrected chi connectivity index (χ3v) is 4.09. The van der Waals surface area contributed by atoms with E-state index in [4.69, 9.17) is 27.9 Å². The highest BCUT2D eigenvalue weighted by Crippen LogP contribution is 2.28. The van der Waals surface area contributed by atoms with Crippen LogP contribution in [0.3, 0.4) is 0 Å². The van der Waals surface area contributed by atoms with E-state index in [-0.39, 0.29) is 16.6 Å². The van der Waals surface area contributed by atoms with Gasteiger partial charge in [-0.3, -0.25) is 4.79 Å². The van der Waals surface area contributed by atoms with Crippen LogP contribution in [-0.2, 0) is 4.74 Å². The van der Waals surface area contributed by atoms with E-state index in [1.807, 2.05) is 0 Å². The van der Waals surface area contributed by atoms with Crippen LogP contribution in [0.25, 0.3) is 0 Å². The molecule has 0 aromatic heterocycles. The number of nitrogens with one attached hydrogen (secondary N) is 1. The Morgan fingerprint density at radius 2 is 1.65 bits per heavy atom. The minimum Gasteiger partial charge on any atom is -0.508 e. The smallest absolute Gasteiger partial charge is 0.408 e. The molecule has 1 atom stereocenters. The molecule has 1 amide bonds. The molecule has 0 fully saturated rings. The molecule has 138 valence electrons. The number of hydrogen-bond acceptors (Lipinski definition) is 4. The molecule has 2 aromatic rings. The molecule has 2 aromatic carbocycles. The van der Waals surface area contributed by atoms with Gasteiger partial charge in [-0.15, -0.1) is 0 Å². The van der Waals surface area contributed by atoms with Crippen molar-refractivity contribution in [3.63, 3.8) is 0 Å². The second-order valence-corrected chi connectivity index (χ2v) is 7.48. The molecule has 26 heavy (non-hydrogen) atoms. The molecule has 0 saturated heterocycles. The number of carbonyl (C=O) groups is 2. The Balaban J connectivity index is 2.37. The molecule has 5 nitrogen and oxygen atoms in total. The standard InChI is InChI=1S/C19H19Cl2NO4/c1-19(2,3)26-18(25)22-16(12-6-9-14(20)15(21)10-12)17(24)11-4-7-13(23)8-5-11/h4-10,16,23H,1-3H3,(H,22,25). The van der Waals surface area contributed by atoms with Gasteiger partial charge in [0, 0.05) is 5.56 Å². The molecule has 2 rings (SSSR count). The Morgan fingerprint density at radius 3 is 2.19 bits per heavy atom. The average molecular weight is 396 g/mol. The van der Waals surface area contributed by atoms with Crippen LogP contribution in [0.5, 0.6) is 5.75 Å². The van der Waals surface area contributed by atoms with E-state index >= 15 is 0 Å². The van der Waals surface area contributed by atoms with E-state index in [1.54, 1.807) is 32.9 Å². The van der Waals surface area contributed by atoms with Gasteiger partial charge in [-0.1, -0.05) is 29.3 Å². The lowest BCUT2D eigenvalue weighted by Crippen LogP contribution is -2.38. The first-order chi connectivity index (χ1) is 12.1. The van der Waals surface area contributed by atoms with Crippen LogP contribution in [0.15, 0.2) is 42.5 Å². The molecule has 0 saturated carbocycles. The number of Topliss-reactive ketones (excluding diaryl/α,β-unsaturated/α-hetero) is 1. The van der Waals surface area contributed by atoms with Crippen LogP contribution in [0.1, 0.15) is 42.7 Å². The topological polar surface area (TPSA) is 75.6 Å². The van der Waals surface area contributed by atoms with Gasteiger partial charge in [0.25, 0.3) is 0 Å². The molecule has 0 aliphatic carbocycles. The third kappa shape index (κ3) is 5.38. The van der Waals surface area contributed by atoms with E-state index < -0.39 is 17.7 Å².